The first kappa shape index (κ1) is 18.0. The zero-order valence-corrected chi connectivity index (χ0v) is 15.8. The average Bonchev–Trinajstić information content (AvgIpc) is 2.78. The molecule has 0 unspecified atom stereocenters. The van der Waals surface area contributed by atoms with Crippen LogP contribution in [0.2, 0.25) is 0 Å². The van der Waals surface area contributed by atoms with Gasteiger partial charge in [0.05, 0.1) is 12.6 Å². The lowest BCUT2D eigenvalue weighted by molar-refractivity contribution is -0.126. The summed E-state index contributed by atoms with van der Waals surface area (Å²) < 4.78 is 5.24. The van der Waals surface area contributed by atoms with Gasteiger partial charge in [0.1, 0.15) is 11.6 Å². The minimum atomic E-state index is -0.0221. The minimum Gasteiger partial charge on any atom is -0.497 e. The van der Waals surface area contributed by atoms with Crippen LogP contribution in [0.15, 0.2) is 61.2 Å². The lowest BCUT2D eigenvalue weighted by Gasteiger charge is -2.35. The molecule has 1 aliphatic rings. The van der Waals surface area contributed by atoms with Gasteiger partial charge in [-0.05, 0) is 42.5 Å². The van der Waals surface area contributed by atoms with Crippen molar-refractivity contribution in [3.05, 3.63) is 61.2 Å². The SMILES string of the molecule is C=CC(=O)N1CCN(c2nc(-c3ccc(OC)cc3)nc3ccccc23)CC1. The minimum absolute atomic E-state index is 0.0221. The molecule has 2 heterocycles. The first-order valence-corrected chi connectivity index (χ1v) is 9.27. The van der Waals surface area contributed by atoms with Gasteiger partial charge < -0.3 is 14.5 Å². The number of hydrogen-bond donors (Lipinski definition) is 0. The standard InChI is InChI=1S/C22H22N4O2/c1-3-20(27)25-12-14-26(15-13-25)22-18-6-4-5-7-19(18)23-21(24-22)16-8-10-17(28-2)11-9-16/h3-11H,1,12-15H2,2H3. The van der Waals surface area contributed by atoms with Crippen LogP contribution in [0.5, 0.6) is 5.75 Å². The second-order valence-electron chi connectivity index (χ2n) is 6.63. The van der Waals surface area contributed by atoms with Crippen molar-refractivity contribution in [3.63, 3.8) is 0 Å². The van der Waals surface area contributed by atoms with E-state index in [9.17, 15) is 4.79 Å². The van der Waals surface area contributed by atoms with E-state index >= 15 is 0 Å². The molecule has 1 fully saturated rings. The van der Waals surface area contributed by atoms with Crippen molar-refractivity contribution >= 4 is 22.6 Å². The lowest BCUT2D eigenvalue weighted by Crippen LogP contribution is -2.48. The van der Waals surface area contributed by atoms with E-state index in [1.165, 1.54) is 6.08 Å². The molecular weight excluding hydrogens is 352 g/mol. The summed E-state index contributed by atoms with van der Waals surface area (Å²) in [5.74, 6) is 2.36. The zero-order chi connectivity index (χ0) is 19.5. The van der Waals surface area contributed by atoms with Gasteiger partial charge in [-0.1, -0.05) is 18.7 Å². The molecule has 1 aromatic heterocycles. The van der Waals surface area contributed by atoms with Crippen molar-refractivity contribution < 1.29 is 9.53 Å². The second kappa shape index (κ2) is 7.68. The third-order valence-corrected chi connectivity index (χ3v) is 5.00. The molecule has 0 radical (unpaired) electrons. The maximum absolute atomic E-state index is 11.9. The topological polar surface area (TPSA) is 58.6 Å². The van der Waals surface area contributed by atoms with E-state index in [1.807, 2.05) is 53.4 Å². The Bertz CT molecular complexity index is 1010. The maximum Gasteiger partial charge on any atom is 0.246 e. The molecule has 0 aliphatic carbocycles. The van der Waals surface area contributed by atoms with Crippen LogP contribution in [-0.2, 0) is 4.79 Å². The molecule has 6 heteroatoms. The Balaban J connectivity index is 1.71. The summed E-state index contributed by atoms with van der Waals surface area (Å²) >= 11 is 0. The third-order valence-electron chi connectivity index (χ3n) is 5.00. The van der Waals surface area contributed by atoms with Crippen molar-refractivity contribution in [3.8, 4) is 17.1 Å². The summed E-state index contributed by atoms with van der Waals surface area (Å²) in [7, 11) is 1.65. The largest absolute Gasteiger partial charge is 0.497 e. The van der Waals surface area contributed by atoms with Gasteiger partial charge in [-0.25, -0.2) is 9.97 Å². The number of rotatable bonds is 4. The van der Waals surface area contributed by atoms with Gasteiger partial charge >= 0.3 is 0 Å². The van der Waals surface area contributed by atoms with E-state index in [0.717, 1.165) is 41.1 Å². The molecule has 3 aromatic rings. The Kier molecular flexibility index (Phi) is 4.93. The van der Waals surface area contributed by atoms with Gasteiger partial charge in [0.15, 0.2) is 5.82 Å². The molecule has 1 saturated heterocycles. The number of amides is 1. The monoisotopic (exact) mass is 374 g/mol. The summed E-state index contributed by atoms with van der Waals surface area (Å²) in [6, 6.07) is 15.8. The lowest BCUT2D eigenvalue weighted by atomic mass is 10.1. The Hall–Kier alpha value is -3.41. The van der Waals surface area contributed by atoms with Crippen LogP contribution >= 0.6 is 0 Å². The number of carbonyl (C=O) groups excluding carboxylic acids is 1. The number of nitrogens with zero attached hydrogens (tertiary/aromatic N) is 4. The number of fused-ring (bicyclic) bond motifs is 1. The van der Waals surface area contributed by atoms with Gasteiger partial charge in [-0.3, -0.25) is 4.79 Å². The number of carbonyl (C=O) groups is 1. The quantitative estimate of drug-likeness (QED) is 0.657. The molecule has 0 atom stereocenters. The number of aromatic nitrogens is 2. The van der Waals surface area contributed by atoms with E-state index in [1.54, 1.807) is 7.11 Å². The van der Waals surface area contributed by atoms with E-state index < -0.39 is 0 Å². The molecule has 142 valence electrons. The van der Waals surface area contributed by atoms with Crippen molar-refractivity contribution in [2.24, 2.45) is 0 Å². The van der Waals surface area contributed by atoms with Crippen LogP contribution in [0.3, 0.4) is 0 Å². The molecule has 0 spiro atoms. The molecule has 4 rings (SSSR count). The van der Waals surface area contributed by atoms with E-state index in [-0.39, 0.29) is 5.91 Å². The number of para-hydroxylation sites is 1. The Morgan fingerprint density at radius 2 is 1.75 bits per heavy atom. The second-order valence-corrected chi connectivity index (χ2v) is 6.63. The summed E-state index contributed by atoms with van der Waals surface area (Å²) in [5, 5.41) is 1.02. The molecule has 0 bridgehead atoms. The first-order valence-electron chi connectivity index (χ1n) is 9.27. The molecule has 1 amide bonds. The molecule has 28 heavy (non-hydrogen) atoms. The average molecular weight is 374 g/mol. The number of piperazine rings is 1. The normalized spacial score (nSPS) is 14.2. The van der Waals surface area contributed by atoms with Gasteiger partial charge in [0.2, 0.25) is 5.91 Å². The van der Waals surface area contributed by atoms with Gasteiger partial charge in [-0.2, -0.15) is 0 Å². The van der Waals surface area contributed by atoms with Crippen LogP contribution in [0.4, 0.5) is 5.82 Å². The molecule has 1 aliphatic heterocycles. The number of methoxy groups -OCH3 is 1. The van der Waals surface area contributed by atoms with E-state index in [4.69, 9.17) is 14.7 Å². The highest BCUT2D eigenvalue weighted by molar-refractivity contribution is 5.91. The number of anilines is 1. The summed E-state index contributed by atoms with van der Waals surface area (Å²) in [6.07, 6.45) is 1.37. The first-order chi connectivity index (χ1) is 13.7. The van der Waals surface area contributed by atoms with Gasteiger partial charge in [0, 0.05) is 37.1 Å². The number of ether oxygens (including phenoxy) is 1. The number of hydrogen-bond acceptors (Lipinski definition) is 5. The van der Waals surface area contributed by atoms with Crippen molar-refractivity contribution in [1.29, 1.82) is 0 Å². The fourth-order valence-corrected chi connectivity index (χ4v) is 3.44. The predicted octanol–water partition coefficient (Wildman–Crippen LogP) is 3.14. The van der Waals surface area contributed by atoms with Gasteiger partial charge in [-0.15, -0.1) is 0 Å². The zero-order valence-electron chi connectivity index (χ0n) is 15.8. The fraction of sp³-hybridized carbons (Fsp3) is 0.227. The molecule has 0 N–H and O–H groups in total. The van der Waals surface area contributed by atoms with Crippen LogP contribution in [-0.4, -0.2) is 54.1 Å². The van der Waals surface area contributed by atoms with Crippen LogP contribution in [0, 0.1) is 0 Å². The smallest absolute Gasteiger partial charge is 0.246 e. The van der Waals surface area contributed by atoms with Crippen LogP contribution in [0.25, 0.3) is 22.3 Å². The van der Waals surface area contributed by atoms with Crippen molar-refractivity contribution in [2.45, 2.75) is 0 Å². The summed E-state index contributed by atoms with van der Waals surface area (Å²) in [5.41, 5.74) is 1.84. The van der Waals surface area contributed by atoms with E-state index in [2.05, 4.69) is 11.5 Å². The summed E-state index contributed by atoms with van der Waals surface area (Å²) in [6.45, 7) is 6.33. The number of benzene rings is 2. The highest BCUT2D eigenvalue weighted by atomic mass is 16.5. The van der Waals surface area contributed by atoms with Crippen LogP contribution < -0.4 is 9.64 Å². The predicted molar refractivity (Wildman–Crippen MR) is 111 cm³/mol. The highest BCUT2D eigenvalue weighted by Gasteiger charge is 2.22. The molecule has 2 aromatic carbocycles. The molecule has 0 saturated carbocycles. The highest BCUT2D eigenvalue weighted by Crippen LogP contribution is 2.29. The summed E-state index contributed by atoms with van der Waals surface area (Å²) in [4.78, 5) is 25.6. The third kappa shape index (κ3) is 3.41. The van der Waals surface area contributed by atoms with E-state index in [0.29, 0.717) is 18.9 Å². The fourth-order valence-electron chi connectivity index (χ4n) is 3.44. The Labute approximate surface area is 164 Å². The molecular formula is C22H22N4O2. The van der Waals surface area contributed by atoms with Gasteiger partial charge in [0.25, 0.3) is 0 Å². The van der Waals surface area contributed by atoms with Crippen molar-refractivity contribution in [1.82, 2.24) is 14.9 Å². The van der Waals surface area contributed by atoms with Crippen molar-refractivity contribution in [2.75, 3.05) is 38.2 Å². The maximum atomic E-state index is 11.9. The Morgan fingerprint density at radius 3 is 2.43 bits per heavy atom. The Morgan fingerprint density at radius 1 is 1.04 bits per heavy atom. The van der Waals surface area contributed by atoms with Crippen LogP contribution in [0.1, 0.15) is 0 Å². The molecule has 6 nitrogen and oxygen atoms in total.